The van der Waals surface area contributed by atoms with Crippen molar-refractivity contribution in [2.75, 3.05) is 13.1 Å². The van der Waals surface area contributed by atoms with E-state index in [0.717, 1.165) is 35.1 Å². The molecule has 88 valence electrons. The van der Waals surface area contributed by atoms with Crippen LogP contribution in [0.15, 0.2) is 18.3 Å². The van der Waals surface area contributed by atoms with Crippen molar-refractivity contribution in [3.63, 3.8) is 0 Å². The van der Waals surface area contributed by atoms with E-state index in [2.05, 4.69) is 32.8 Å². The first kappa shape index (κ1) is 10.9. The lowest BCUT2D eigenvalue weighted by Gasteiger charge is -2.13. The molecule has 3 heterocycles. The number of nitrogens with zero attached hydrogens (tertiary/aromatic N) is 4. The highest BCUT2D eigenvalue weighted by Gasteiger charge is 2.23. The van der Waals surface area contributed by atoms with Crippen molar-refractivity contribution in [2.24, 2.45) is 0 Å². The molecule has 0 aromatic carbocycles. The van der Waals surface area contributed by atoms with Crippen LogP contribution in [0.1, 0.15) is 23.5 Å². The summed E-state index contributed by atoms with van der Waals surface area (Å²) in [5.41, 5.74) is 0.722. The van der Waals surface area contributed by atoms with Gasteiger partial charge in [0.25, 0.3) is 5.91 Å². The van der Waals surface area contributed by atoms with Crippen molar-refractivity contribution in [2.45, 2.75) is 12.8 Å². The number of carbonyl (C=O) groups excluding carboxylic acids is 1. The molecule has 0 N–H and O–H groups in total. The Morgan fingerprint density at radius 1 is 1.29 bits per heavy atom. The number of likely N-dealkylation sites (tertiary alicyclic amines) is 1. The summed E-state index contributed by atoms with van der Waals surface area (Å²) in [6.45, 7) is 1.66. The van der Waals surface area contributed by atoms with Crippen LogP contribution in [-0.4, -0.2) is 38.5 Å². The van der Waals surface area contributed by atoms with E-state index < -0.39 is 0 Å². The first-order valence-electron chi connectivity index (χ1n) is 5.55. The van der Waals surface area contributed by atoms with E-state index in [0.29, 0.717) is 5.82 Å². The number of fused-ring (bicyclic) bond motifs is 1. The summed E-state index contributed by atoms with van der Waals surface area (Å²) in [7, 11) is 0. The largest absolute Gasteiger partial charge is 0.336 e. The van der Waals surface area contributed by atoms with Crippen LogP contribution >= 0.6 is 22.6 Å². The molecular weight excluding hydrogens is 331 g/mol. The summed E-state index contributed by atoms with van der Waals surface area (Å²) in [6.07, 6.45) is 4.02. The van der Waals surface area contributed by atoms with E-state index in [-0.39, 0.29) is 5.91 Å². The fourth-order valence-electron chi connectivity index (χ4n) is 2.07. The zero-order valence-corrected chi connectivity index (χ0v) is 11.3. The third kappa shape index (κ3) is 1.90. The van der Waals surface area contributed by atoms with Gasteiger partial charge in [0.05, 0.1) is 0 Å². The van der Waals surface area contributed by atoms with Crippen LogP contribution in [0.5, 0.6) is 0 Å². The highest BCUT2D eigenvalue weighted by atomic mass is 127. The summed E-state index contributed by atoms with van der Waals surface area (Å²) in [6, 6.07) is 3.85. The molecule has 0 radical (unpaired) electrons. The Balaban J connectivity index is 2.02. The molecule has 0 atom stereocenters. The standard InChI is InChI=1S/C11H11IN4O/c12-8-3-6-16-9(7-8)13-14-10(16)11(17)15-4-1-2-5-15/h3,6-7H,1-2,4-5H2. The summed E-state index contributed by atoms with van der Waals surface area (Å²) < 4.78 is 2.84. The molecule has 17 heavy (non-hydrogen) atoms. The van der Waals surface area contributed by atoms with Crippen molar-refractivity contribution >= 4 is 34.1 Å². The molecule has 1 aliphatic rings. The molecule has 0 bridgehead atoms. The zero-order chi connectivity index (χ0) is 11.8. The molecule has 0 spiro atoms. The molecular formula is C11H11IN4O. The minimum Gasteiger partial charge on any atom is -0.336 e. The predicted octanol–water partition coefficient (Wildman–Crippen LogP) is 1.57. The number of aromatic nitrogens is 3. The second kappa shape index (κ2) is 4.25. The van der Waals surface area contributed by atoms with Gasteiger partial charge in [-0.25, -0.2) is 0 Å². The summed E-state index contributed by atoms with van der Waals surface area (Å²) in [5, 5.41) is 8.03. The van der Waals surface area contributed by atoms with Crippen LogP contribution in [-0.2, 0) is 0 Å². The Kier molecular flexibility index (Phi) is 2.73. The Labute approximate surface area is 112 Å². The van der Waals surface area contributed by atoms with Crippen molar-refractivity contribution in [1.29, 1.82) is 0 Å². The molecule has 2 aromatic heterocycles. The molecule has 2 aromatic rings. The van der Waals surface area contributed by atoms with Gasteiger partial charge in [0.2, 0.25) is 5.82 Å². The normalized spacial score (nSPS) is 15.7. The van der Waals surface area contributed by atoms with Gasteiger partial charge in [-0.1, -0.05) is 0 Å². The van der Waals surface area contributed by atoms with Crippen LogP contribution in [0, 0.1) is 3.57 Å². The first-order valence-corrected chi connectivity index (χ1v) is 6.63. The van der Waals surface area contributed by atoms with Crippen LogP contribution in [0.4, 0.5) is 0 Å². The van der Waals surface area contributed by atoms with Gasteiger partial charge in [-0.3, -0.25) is 9.20 Å². The topological polar surface area (TPSA) is 50.5 Å². The van der Waals surface area contributed by atoms with Gasteiger partial charge in [0.15, 0.2) is 5.65 Å². The molecule has 1 aliphatic heterocycles. The van der Waals surface area contributed by atoms with Crippen molar-refractivity contribution in [3.05, 3.63) is 27.7 Å². The van der Waals surface area contributed by atoms with Gasteiger partial charge in [0, 0.05) is 22.9 Å². The third-order valence-corrected chi connectivity index (χ3v) is 3.63. The monoisotopic (exact) mass is 342 g/mol. The lowest BCUT2D eigenvalue weighted by atomic mass is 10.4. The highest BCUT2D eigenvalue weighted by molar-refractivity contribution is 14.1. The molecule has 5 nitrogen and oxygen atoms in total. The number of halogens is 1. The Morgan fingerprint density at radius 2 is 2.06 bits per heavy atom. The third-order valence-electron chi connectivity index (χ3n) is 2.96. The fourth-order valence-corrected chi connectivity index (χ4v) is 2.51. The quantitative estimate of drug-likeness (QED) is 0.740. The second-order valence-corrected chi connectivity index (χ2v) is 5.34. The lowest BCUT2D eigenvalue weighted by Crippen LogP contribution is -2.29. The predicted molar refractivity (Wildman–Crippen MR) is 70.8 cm³/mol. The molecule has 1 amide bonds. The Morgan fingerprint density at radius 3 is 2.82 bits per heavy atom. The molecule has 6 heteroatoms. The number of hydrogen-bond donors (Lipinski definition) is 0. The molecule has 1 fully saturated rings. The number of carbonyl (C=O) groups is 1. The maximum absolute atomic E-state index is 12.2. The number of hydrogen-bond acceptors (Lipinski definition) is 3. The maximum atomic E-state index is 12.2. The maximum Gasteiger partial charge on any atom is 0.292 e. The van der Waals surface area contributed by atoms with Gasteiger partial charge in [-0.2, -0.15) is 0 Å². The average molecular weight is 342 g/mol. The van der Waals surface area contributed by atoms with Crippen LogP contribution in [0.25, 0.3) is 5.65 Å². The second-order valence-electron chi connectivity index (χ2n) is 4.10. The smallest absolute Gasteiger partial charge is 0.292 e. The molecule has 0 saturated carbocycles. The van der Waals surface area contributed by atoms with Crippen LogP contribution in [0.3, 0.4) is 0 Å². The van der Waals surface area contributed by atoms with Crippen molar-refractivity contribution in [1.82, 2.24) is 19.5 Å². The summed E-state index contributed by atoms with van der Waals surface area (Å²) in [5.74, 6) is 0.398. The lowest BCUT2D eigenvalue weighted by molar-refractivity contribution is 0.0779. The van der Waals surface area contributed by atoms with Gasteiger partial charge < -0.3 is 4.90 Å². The summed E-state index contributed by atoms with van der Waals surface area (Å²) >= 11 is 2.22. The number of pyridine rings is 1. The minimum absolute atomic E-state index is 0.0174. The first-order chi connectivity index (χ1) is 8.25. The summed E-state index contributed by atoms with van der Waals surface area (Å²) in [4.78, 5) is 14.0. The van der Waals surface area contributed by atoms with Crippen molar-refractivity contribution in [3.8, 4) is 0 Å². The SMILES string of the molecule is O=C(c1nnc2cc(I)ccn12)N1CCCC1. The highest BCUT2D eigenvalue weighted by Crippen LogP contribution is 2.14. The zero-order valence-electron chi connectivity index (χ0n) is 9.14. The number of amides is 1. The van der Waals surface area contributed by atoms with Gasteiger partial charge >= 0.3 is 0 Å². The van der Waals surface area contributed by atoms with E-state index in [1.807, 2.05) is 23.2 Å². The van der Waals surface area contributed by atoms with Crippen LogP contribution in [0.2, 0.25) is 0 Å². The van der Waals surface area contributed by atoms with E-state index in [9.17, 15) is 4.79 Å². The average Bonchev–Trinajstić information content (AvgIpc) is 2.96. The van der Waals surface area contributed by atoms with Gasteiger partial charge in [-0.15, -0.1) is 10.2 Å². The van der Waals surface area contributed by atoms with E-state index in [1.165, 1.54) is 0 Å². The van der Waals surface area contributed by atoms with Crippen LogP contribution < -0.4 is 0 Å². The molecule has 0 unspecified atom stereocenters. The Hall–Kier alpha value is -1.18. The van der Waals surface area contributed by atoms with E-state index in [4.69, 9.17) is 0 Å². The number of rotatable bonds is 1. The molecule has 1 saturated heterocycles. The van der Waals surface area contributed by atoms with E-state index >= 15 is 0 Å². The molecule has 3 rings (SSSR count). The minimum atomic E-state index is -0.0174. The van der Waals surface area contributed by atoms with Gasteiger partial charge in [0.1, 0.15) is 0 Å². The van der Waals surface area contributed by atoms with Gasteiger partial charge in [-0.05, 0) is 47.6 Å². The Bertz CT molecular complexity index is 574. The van der Waals surface area contributed by atoms with E-state index in [1.54, 1.807) is 4.40 Å². The fraction of sp³-hybridized carbons (Fsp3) is 0.364. The molecule has 0 aliphatic carbocycles. The van der Waals surface area contributed by atoms with Crippen molar-refractivity contribution < 1.29 is 4.79 Å².